The van der Waals surface area contributed by atoms with Crippen LogP contribution in [0.2, 0.25) is 0 Å². The van der Waals surface area contributed by atoms with Crippen LogP contribution in [-0.4, -0.2) is 48.4 Å². The molecule has 0 saturated carbocycles. The van der Waals surface area contributed by atoms with E-state index in [9.17, 15) is 14.4 Å². The molecule has 0 N–H and O–H groups in total. The Balaban J connectivity index is 1.53. The van der Waals surface area contributed by atoms with Gasteiger partial charge in [0.25, 0.3) is 5.91 Å². The molecule has 1 fully saturated rings. The molecule has 2 aromatic carbocycles. The number of methoxy groups -OCH3 is 1. The van der Waals surface area contributed by atoms with Gasteiger partial charge in [-0.3, -0.25) is 9.59 Å². The Morgan fingerprint density at radius 1 is 1.07 bits per heavy atom. The van der Waals surface area contributed by atoms with E-state index in [0.29, 0.717) is 49.2 Å². The third-order valence-corrected chi connectivity index (χ3v) is 6.06. The van der Waals surface area contributed by atoms with Crippen LogP contribution in [0.25, 0.3) is 0 Å². The highest BCUT2D eigenvalue weighted by molar-refractivity contribution is 6.05. The summed E-state index contributed by atoms with van der Waals surface area (Å²) in [6, 6.07) is 10.6. The Hall–Kier alpha value is -3.15. The summed E-state index contributed by atoms with van der Waals surface area (Å²) in [6.45, 7) is 4.84. The van der Waals surface area contributed by atoms with Crippen LogP contribution < -0.4 is 4.74 Å². The SMILES string of the molecule is COC(=O)c1ccccc1C(=O)N1CCC2(CC1)CC(=O)c1c(C)cc(C)cc1O2. The molecule has 2 heterocycles. The number of amides is 1. The van der Waals surface area contributed by atoms with Crippen LogP contribution in [0.5, 0.6) is 5.75 Å². The van der Waals surface area contributed by atoms with Gasteiger partial charge in [0.05, 0.1) is 30.2 Å². The van der Waals surface area contributed by atoms with E-state index in [1.165, 1.54) is 7.11 Å². The maximum absolute atomic E-state index is 13.1. The molecule has 6 heteroatoms. The van der Waals surface area contributed by atoms with Gasteiger partial charge in [-0.1, -0.05) is 18.2 Å². The van der Waals surface area contributed by atoms with E-state index >= 15 is 0 Å². The quantitative estimate of drug-likeness (QED) is 0.710. The van der Waals surface area contributed by atoms with Crippen LogP contribution in [-0.2, 0) is 4.74 Å². The predicted octanol–water partition coefficient (Wildman–Crippen LogP) is 3.73. The zero-order valence-electron chi connectivity index (χ0n) is 17.5. The average Bonchev–Trinajstić information content (AvgIpc) is 2.72. The van der Waals surface area contributed by atoms with Crippen LogP contribution in [0.1, 0.15) is 61.5 Å². The summed E-state index contributed by atoms with van der Waals surface area (Å²) in [6.07, 6.45) is 1.46. The van der Waals surface area contributed by atoms with Crippen molar-refractivity contribution in [1.29, 1.82) is 0 Å². The Morgan fingerprint density at radius 2 is 1.73 bits per heavy atom. The van der Waals surface area contributed by atoms with Gasteiger partial charge >= 0.3 is 5.97 Å². The first-order valence-electron chi connectivity index (χ1n) is 10.1. The van der Waals surface area contributed by atoms with Crippen LogP contribution in [0.15, 0.2) is 36.4 Å². The van der Waals surface area contributed by atoms with Gasteiger partial charge in [0.1, 0.15) is 11.4 Å². The third kappa shape index (κ3) is 3.47. The number of benzene rings is 2. The van der Waals surface area contributed by atoms with E-state index in [-0.39, 0.29) is 17.3 Å². The minimum atomic E-state index is -0.580. The van der Waals surface area contributed by atoms with Crippen molar-refractivity contribution in [3.05, 3.63) is 64.2 Å². The second kappa shape index (κ2) is 7.59. The predicted molar refractivity (Wildman–Crippen MR) is 111 cm³/mol. The number of hydrogen-bond donors (Lipinski definition) is 0. The average molecular weight is 407 g/mol. The molecule has 30 heavy (non-hydrogen) atoms. The molecule has 0 unspecified atom stereocenters. The zero-order chi connectivity index (χ0) is 21.5. The fraction of sp³-hybridized carbons (Fsp3) is 0.375. The number of piperidine rings is 1. The molecule has 156 valence electrons. The summed E-state index contributed by atoms with van der Waals surface area (Å²) < 4.78 is 11.2. The van der Waals surface area contributed by atoms with E-state index in [0.717, 1.165) is 11.1 Å². The van der Waals surface area contributed by atoms with E-state index in [1.807, 2.05) is 26.0 Å². The number of likely N-dealkylation sites (tertiary alicyclic amines) is 1. The van der Waals surface area contributed by atoms with Crippen molar-refractivity contribution in [2.75, 3.05) is 20.2 Å². The molecule has 0 atom stereocenters. The van der Waals surface area contributed by atoms with E-state index in [4.69, 9.17) is 9.47 Å². The van der Waals surface area contributed by atoms with Gasteiger partial charge in [-0.2, -0.15) is 0 Å². The molecule has 1 amide bonds. The number of carbonyl (C=O) groups excluding carboxylic acids is 3. The third-order valence-electron chi connectivity index (χ3n) is 6.06. The van der Waals surface area contributed by atoms with E-state index in [2.05, 4.69) is 0 Å². The van der Waals surface area contributed by atoms with Gasteiger partial charge < -0.3 is 14.4 Å². The minimum Gasteiger partial charge on any atom is -0.486 e. The zero-order valence-corrected chi connectivity index (χ0v) is 17.5. The lowest BCUT2D eigenvalue weighted by Gasteiger charge is -2.44. The number of ketones is 1. The Kier molecular flexibility index (Phi) is 5.10. The second-order valence-electron chi connectivity index (χ2n) is 8.17. The van der Waals surface area contributed by atoms with Gasteiger partial charge in [-0.15, -0.1) is 0 Å². The molecule has 0 bridgehead atoms. The fourth-order valence-corrected chi connectivity index (χ4v) is 4.54. The molecule has 2 aliphatic heterocycles. The monoisotopic (exact) mass is 407 g/mol. The number of fused-ring (bicyclic) bond motifs is 1. The molecule has 1 saturated heterocycles. The first kappa shape index (κ1) is 20.1. The molecule has 0 aliphatic carbocycles. The van der Waals surface area contributed by atoms with Crippen molar-refractivity contribution in [2.45, 2.75) is 38.7 Å². The van der Waals surface area contributed by atoms with Crippen molar-refractivity contribution in [2.24, 2.45) is 0 Å². The summed E-state index contributed by atoms with van der Waals surface area (Å²) in [5.41, 5.74) is 2.69. The number of carbonyl (C=O) groups is 3. The Labute approximate surface area is 175 Å². The maximum Gasteiger partial charge on any atom is 0.338 e. The van der Waals surface area contributed by atoms with E-state index in [1.54, 1.807) is 29.2 Å². The second-order valence-corrected chi connectivity index (χ2v) is 8.17. The van der Waals surface area contributed by atoms with Gasteiger partial charge in [0.15, 0.2) is 5.78 Å². The van der Waals surface area contributed by atoms with Gasteiger partial charge in [0, 0.05) is 25.9 Å². The lowest BCUT2D eigenvalue weighted by Crippen LogP contribution is -2.52. The van der Waals surface area contributed by atoms with E-state index < -0.39 is 11.6 Å². The molecular formula is C24H25NO5. The smallest absolute Gasteiger partial charge is 0.338 e. The standard InChI is InChI=1S/C24H25NO5/c1-15-12-16(2)21-19(26)14-24(30-20(21)13-15)8-10-25(11-9-24)22(27)17-6-4-5-7-18(17)23(28)29-3/h4-7,12-13H,8-11,14H2,1-3H3. The fourth-order valence-electron chi connectivity index (χ4n) is 4.54. The van der Waals surface area contributed by atoms with Crippen molar-refractivity contribution in [3.63, 3.8) is 0 Å². The number of ether oxygens (including phenoxy) is 2. The van der Waals surface area contributed by atoms with Crippen LogP contribution >= 0.6 is 0 Å². The number of esters is 1. The largest absolute Gasteiger partial charge is 0.486 e. The highest BCUT2D eigenvalue weighted by Crippen LogP contribution is 2.41. The molecular weight excluding hydrogens is 382 g/mol. The number of nitrogens with zero attached hydrogens (tertiary/aromatic N) is 1. The Bertz CT molecular complexity index is 1030. The molecule has 0 aromatic heterocycles. The normalized spacial score (nSPS) is 17.3. The van der Waals surface area contributed by atoms with Crippen molar-refractivity contribution in [3.8, 4) is 5.75 Å². The summed E-state index contributed by atoms with van der Waals surface area (Å²) in [5.74, 6) is 0.0141. The highest BCUT2D eigenvalue weighted by atomic mass is 16.5. The number of aryl methyl sites for hydroxylation is 2. The summed E-state index contributed by atoms with van der Waals surface area (Å²) in [7, 11) is 1.30. The first-order valence-corrected chi connectivity index (χ1v) is 10.1. The molecule has 0 radical (unpaired) electrons. The minimum absolute atomic E-state index is 0.101. The topological polar surface area (TPSA) is 72.9 Å². The summed E-state index contributed by atoms with van der Waals surface area (Å²) >= 11 is 0. The van der Waals surface area contributed by atoms with Gasteiger partial charge in [-0.25, -0.2) is 4.79 Å². The lowest BCUT2D eigenvalue weighted by atomic mass is 9.81. The Morgan fingerprint density at radius 3 is 2.40 bits per heavy atom. The van der Waals surface area contributed by atoms with Crippen molar-refractivity contribution < 1.29 is 23.9 Å². The van der Waals surface area contributed by atoms with Crippen LogP contribution in [0.4, 0.5) is 0 Å². The lowest BCUT2D eigenvalue weighted by molar-refractivity contribution is -0.00591. The van der Waals surface area contributed by atoms with Crippen molar-refractivity contribution >= 4 is 17.7 Å². The van der Waals surface area contributed by atoms with Gasteiger partial charge in [-0.05, 0) is 43.2 Å². The molecule has 2 aliphatic rings. The molecule has 6 nitrogen and oxygen atoms in total. The molecule has 1 spiro atoms. The highest BCUT2D eigenvalue weighted by Gasteiger charge is 2.44. The molecule has 4 rings (SSSR count). The van der Waals surface area contributed by atoms with Crippen LogP contribution in [0.3, 0.4) is 0 Å². The summed E-state index contributed by atoms with van der Waals surface area (Å²) in [4.78, 5) is 39.7. The van der Waals surface area contributed by atoms with Crippen LogP contribution in [0, 0.1) is 13.8 Å². The first-order chi connectivity index (χ1) is 14.3. The number of Topliss-reactive ketones (excluding diaryl/α,β-unsaturated/α-hetero) is 1. The van der Waals surface area contributed by atoms with Gasteiger partial charge in [0.2, 0.25) is 0 Å². The maximum atomic E-state index is 13.1. The van der Waals surface area contributed by atoms with Crippen molar-refractivity contribution in [1.82, 2.24) is 4.90 Å². The molecule has 2 aromatic rings. The summed E-state index contributed by atoms with van der Waals surface area (Å²) in [5, 5.41) is 0. The number of hydrogen-bond acceptors (Lipinski definition) is 5. The number of rotatable bonds is 2.